The Hall–Kier alpha value is -2.61. The minimum Gasteiger partial charge on any atom is -0.497 e. The Morgan fingerprint density at radius 3 is 2.52 bits per heavy atom. The zero-order valence-corrected chi connectivity index (χ0v) is 15.5. The minimum absolute atomic E-state index is 0.0706. The Bertz CT molecular complexity index is 702. The molecule has 0 radical (unpaired) electrons. The molecule has 1 aliphatic heterocycles. The highest BCUT2D eigenvalue weighted by molar-refractivity contribution is 5.88. The molecule has 27 heavy (non-hydrogen) atoms. The molecule has 3 N–H and O–H groups in total. The summed E-state index contributed by atoms with van der Waals surface area (Å²) in [7, 11) is 1.58. The number of amides is 3. The van der Waals surface area contributed by atoms with Crippen LogP contribution in [0.3, 0.4) is 0 Å². The SMILES string of the molecule is COc1ccc(C[C@H](NC(=O)CN2CCN(C3CC3)C(=O)C2)C(N)=O)cc1. The number of nitrogens with one attached hydrogen (secondary N) is 1. The van der Waals surface area contributed by atoms with Gasteiger partial charge in [-0.3, -0.25) is 19.3 Å². The first-order valence-corrected chi connectivity index (χ1v) is 9.19. The molecule has 1 aromatic carbocycles. The van der Waals surface area contributed by atoms with Gasteiger partial charge in [0.15, 0.2) is 0 Å². The van der Waals surface area contributed by atoms with E-state index >= 15 is 0 Å². The molecular weight excluding hydrogens is 348 g/mol. The maximum absolute atomic E-state index is 12.3. The number of ether oxygens (including phenoxy) is 1. The number of hydrogen-bond donors (Lipinski definition) is 2. The van der Waals surface area contributed by atoms with Gasteiger partial charge in [-0.15, -0.1) is 0 Å². The second-order valence-corrected chi connectivity index (χ2v) is 7.10. The molecule has 1 atom stereocenters. The molecule has 0 aromatic heterocycles. The van der Waals surface area contributed by atoms with Crippen molar-refractivity contribution in [1.29, 1.82) is 0 Å². The van der Waals surface area contributed by atoms with Crippen molar-refractivity contribution in [3.63, 3.8) is 0 Å². The van der Waals surface area contributed by atoms with Gasteiger partial charge in [0.1, 0.15) is 11.8 Å². The van der Waals surface area contributed by atoms with Crippen LogP contribution < -0.4 is 15.8 Å². The fourth-order valence-corrected chi connectivity index (χ4v) is 3.31. The van der Waals surface area contributed by atoms with E-state index in [1.807, 2.05) is 21.9 Å². The Balaban J connectivity index is 1.50. The topological polar surface area (TPSA) is 105 Å². The van der Waals surface area contributed by atoms with Crippen LogP contribution in [0.4, 0.5) is 0 Å². The molecule has 2 fully saturated rings. The third kappa shape index (κ3) is 5.19. The van der Waals surface area contributed by atoms with Crippen LogP contribution in [0.25, 0.3) is 0 Å². The van der Waals surface area contributed by atoms with Gasteiger partial charge in [0.05, 0.1) is 20.2 Å². The molecule has 0 spiro atoms. The lowest BCUT2D eigenvalue weighted by Crippen LogP contribution is -2.55. The second-order valence-electron chi connectivity index (χ2n) is 7.10. The Labute approximate surface area is 158 Å². The number of carbonyl (C=O) groups is 3. The zero-order chi connectivity index (χ0) is 19.4. The summed E-state index contributed by atoms with van der Waals surface area (Å²) in [4.78, 5) is 40.0. The molecule has 1 saturated heterocycles. The van der Waals surface area contributed by atoms with Gasteiger partial charge in [0.2, 0.25) is 17.7 Å². The Morgan fingerprint density at radius 1 is 1.26 bits per heavy atom. The molecule has 146 valence electrons. The Kier molecular flexibility index (Phi) is 5.95. The van der Waals surface area contributed by atoms with Crippen LogP contribution in [-0.4, -0.2) is 72.9 Å². The van der Waals surface area contributed by atoms with Crippen LogP contribution in [0, 0.1) is 0 Å². The van der Waals surface area contributed by atoms with Gasteiger partial charge in [-0.1, -0.05) is 12.1 Å². The van der Waals surface area contributed by atoms with Crippen molar-refractivity contribution in [3.8, 4) is 5.75 Å². The van der Waals surface area contributed by atoms with Crippen molar-refractivity contribution >= 4 is 17.7 Å². The molecule has 2 aliphatic rings. The summed E-state index contributed by atoms with van der Waals surface area (Å²) in [5.41, 5.74) is 6.32. The minimum atomic E-state index is -0.797. The van der Waals surface area contributed by atoms with Gasteiger partial charge in [-0.05, 0) is 30.5 Å². The number of primary amides is 1. The molecule has 0 unspecified atom stereocenters. The van der Waals surface area contributed by atoms with E-state index in [4.69, 9.17) is 10.5 Å². The number of rotatable bonds is 8. The third-order valence-electron chi connectivity index (χ3n) is 4.97. The van der Waals surface area contributed by atoms with Gasteiger partial charge in [-0.2, -0.15) is 0 Å². The van der Waals surface area contributed by atoms with Crippen LogP contribution in [0.1, 0.15) is 18.4 Å². The summed E-state index contributed by atoms with van der Waals surface area (Å²) < 4.78 is 5.11. The quantitative estimate of drug-likeness (QED) is 0.639. The highest BCUT2D eigenvalue weighted by Crippen LogP contribution is 2.27. The van der Waals surface area contributed by atoms with Crippen molar-refractivity contribution in [1.82, 2.24) is 15.1 Å². The van der Waals surface area contributed by atoms with Gasteiger partial charge < -0.3 is 20.7 Å². The molecule has 1 aliphatic carbocycles. The van der Waals surface area contributed by atoms with Crippen LogP contribution in [0.5, 0.6) is 5.75 Å². The van der Waals surface area contributed by atoms with E-state index in [2.05, 4.69) is 5.32 Å². The fourth-order valence-electron chi connectivity index (χ4n) is 3.31. The van der Waals surface area contributed by atoms with Crippen molar-refractivity contribution in [2.75, 3.05) is 33.3 Å². The van der Waals surface area contributed by atoms with Crippen LogP contribution in [0.15, 0.2) is 24.3 Å². The number of nitrogens with zero attached hydrogens (tertiary/aromatic N) is 2. The molecule has 8 heteroatoms. The predicted molar refractivity (Wildman–Crippen MR) is 99.0 cm³/mol. The first-order chi connectivity index (χ1) is 13.0. The van der Waals surface area contributed by atoms with Gasteiger partial charge in [0, 0.05) is 25.6 Å². The average Bonchev–Trinajstić information content (AvgIpc) is 3.46. The predicted octanol–water partition coefficient (Wildman–Crippen LogP) is -0.486. The standard InChI is InChI=1S/C19H26N4O4/c1-27-15-6-2-13(3-7-15)10-16(19(20)26)21-17(24)11-22-8-9-23(14-4-5-14)18(25)12-22/h2-3,6-7,14,16H,4-5,8-12H2,1H3,(H2,20,26)(H,21,24)/t16-/m0/s1. The van der Waals surface area contributed by atoms with E-state index in [-0.39, 0.29) is 24.9 Å². The van der Waals surface area contributed by atoms with E-state index in [1.54, 1.807) is 19.2 Å². The van der Waals surface area contributed by atoms with E-state index in [9.17, 15) is 14.4 Å². The van der Waals surface area contributed by atoms with E-state index < -0.39 is 11.9 Å². The molecular formula is C19H26N4O4. The summed E-state index contributed by atoms with van der Waals surface area (Å²) in [6, 6.07) is 6.85. The van der Waals surface area contributed by atoms with E-state index in [0.29, 0.717) is 31.3 Å². The zero-order valence-electron chi connectivity index (χ0n) is 15.5. The number of benzene rings is 1. The number of hydrogen-bond acceptors (Lipinski definition) is 5. The number of carbonyl (C=O) groups excluding carboxylic acids is 3. The molecule has 0 bridgehead atoms. The van der Waals surface area contributed by atoms with Crippen molar-refractivity contribution in [2.45, 2.75) is 31.3 Å². The number of piperazine rings is 1. The lowest BCUT2D eigenvalue weighted by atomic mass is 10.1. The summed E-state index contributed by atoms with van der Waals surface area (Å²) in [5.74, 6) is -0.108. The van der Waals surface area contributed by atoms with Crippen LogP contribution in [-0.2, 0) is 20.8 Å². The highest BCUT2D eigenvalue weighted by Gasteiger charge is 2.36. The molecule has 8 nitrogen and oxygen atoms in total. The molecule has 1 aromatic rings. The van der Waals surface area contributed by atoms with Gasteiger partial charge in [0.25, 0.3) is 0 Å². The van der Waals surface area contributed by atoms with Crippen molar-refractivity contribution < 1.29 is 19.1 Å². The van der Waals surface area contributed by atoms with Crippen LogP contribution in [0.2, 0.25) is 0 Å². The van der Waals surface area contributed by atoms with Gasteiger partial charge in [-0.25, -0.2) is 0 Å². The largest absolute Gasteiger partial charge is 0.497 e. The van der Waals surface area contributed by atoms with Crippen LogP contribution >= 0.6 is 0 Å². The second kappa shape index (κ2) is 8.39. The van der Waals surface area contributed by atoms with E-state index in [0.717, 1.165) is 18.4 Å². The van der Waals surface area contributed by atoms with Crippen molar-refractivity contribution in [3.05, 3.63) is 29.8 Å². The lowest BCUT2D eigenvalue weighted by Gasteiger charge is -2.34. The third-order valence-corrected chi connectivity index (χ3v) is 4.97. The molecule has 3 amide bonds. The molecule has 1 saturated carbocycles. The monoisotopic (exact) mass is 374 g/mol. The first-order valence-electron chi connectivity index (χ1n) is 9.19. The van der Waals surface area contributed by atoms with Gasteiger partial charge >= 0.3 is 0 Å². The highest BCUT2D eigenvalue weighted by atomic mass is 16.5. The molecule has 1 heterocycles. The smallest absolute Gasteiger partial charge is 0.240 e. The van der Waals surface area contributed by atoms with Crippen molar-refractivity contribution in [2.24, 2.45) is 5.73 Å². The maximum atomic E-state index is 12.3. The van der Waals surface area contributed by atoms with E-state index in [1.165, 1.54) is 0 Å². The molecule has 3 rings (SSSR count). The summed E-state index contributed by atoms with van der Waals surface area (Å²) >= 11 is 0. The lowest BCUT2D eigenvalue weighted by molar-refractivity contribution is -0.138. The summed E-state index contributed by atoms with van der Waals surface area (Å²) in [6.07, 6.45) is 2.47. The summed E-state index contributed by atoms with van der Waals surface area (Å²) in [5, 5.41) is 2.69. The average molecular weight is 374 g/mol. The number of nitrogens with two attached hydrogens (primary N) is 1. The fraction of sp³-hybridized carbons (Fsp3) is 0.526. The number of methoxy groups -OCH3 is 1. The first kappa shape index (κ1) is 19.2. The summed E-state index contributed by atoms with van der Waals surface area (Å²) in [6.45, 7) is 1.64. The maximum Gasteiger partial charge on any atom is 0.240 e. The normalized spacial score (nSPS) is 18.9. The Morgan fingerprint density at radius 2 is 1.96 bits per heavy atom.